The van der Waals surface area contributed by atoms with Crippen LogP contribution < -0.4 is 4.90 Å². The van der Waals surface area contributed by atoms with Crippen LogP contribution in [0.3, 0.4) is 0 Å². The molecule has 3 nitrogen and oxygen atoms in total. The summed E-state index contributed by atoms with van der Waals surface area (Å²) in [5.74, 6) is -0.259. The third-order valence-corrected chi connectivity index (χ3v) is 5.03. The van der Waals surface area contributed by atoms with Crippen molar-refractivity contribution >= 4 is 33.7 Å². The van der Waals surface area contributed by atoms with Crippen LogP contribution in [-0.4, -0.2) is 37.4 Å². The summed E-state index contributed by atoms with van der Waals surface area (Å²) >= 11 is 9.58. The van der Waals surface area contributed by atoms with Crippen molar-refractivity contribution < 1.29 is 9.29 Å². The van der Waals surface area contributed by atoms with Crippen LogP contribution in [-0.2, 0) is 6.54 Å². The Hall–Kier alpha value is -1.43. The van der Waals surface area contributed by atoms with Gasteiger partial charge in [-0.15, -0.1) is 0 Å². The van der Waals surface area contributed by atoms with Crippen molar-refractivity contribution in [3.63, 3.8) is 0 Å². The molecule has 2 aromatic rings. The number of quaternary nitrogens is 1. The van der Waals surface area contributed by atoms with Crippen LogP contribution in [0.5, 0.6) is 0 Å². The molecule has 0 amide bonds. The van der Waals surface area contributed by atoms with E-state index in [0.29, 0.717) is 5.56 Å². The Morgan fingerprint density at radius 1 is 1.21 bits per heavy atom. The number of halogens is 3. The average molecular weight is 412 g/mol. The van der Waals surface area contributed by atoms with Crippen LogP contribution in [0, 0.1) is 5.82 Å². The molecular weight excluding hydrogens is 393 g/mol. The molecule has 1 N–H and O–H groups in total. The summed E-state index contributed by atoms with van der Waals surface area (Å²) in [6.45, 7) is 4.61. The van der Waals surface area contributed by atoms with Crippen molar-refractivity contribution in [3.8, 4) is 0 Å². The SMILES string of the molecule is Fc1ccc(Br)cc1/C=N\N1CC[NH+](Cc2ccccc2Cl)CC1. The van der Waals surface area contributed by atoms with Crippen molar-refractivity contribution in [1.29, 1.82) is 0 Å². The maximum absolute atomic E-state index is 13.7. The average Bonchev–Trinajstić information content (AvgIpc) is 2.59. The second-order valence-electron chi connectivity index (χ2n) is 5.88. The van der Waals surface area contributed by atoms with Crippen LogP contribution in [0.1, 0.15) is 11.1 Å². The van der Waals surface area contributed by atoms with Crippen molar-refractivity contribution in [2.24, 2.45) is 5.10 Å². The summed E-state index contributed by atoms with van der Waals surface area (Å²) in [5.41, 5.74) is 1.68. The molecule has 1 aliphatic rings. The Bertz CT molecular complexity index is 730. The standard InChI is InChI=1S/C18H18BrClFN3/c19-16-5-6-18(21)15(11-16)12-22-24-9-7-23(8-10-24)13-14-3-1-2-4-17(14)20/h1-6,11-12H,7-10,13H2/p+1/b22-12-. The highest BCUT2D eigenvalue weighted by Crippen LogP contribution is 2.15. The van der Waals surface area contributed by atoms with E-state index >= 15 is 0 Å². The minimum atomic E-state index is -0.259. The Morgan fingerprint density at radius 3 is 2.71 bits per heavy atom. The lowest BCUT2D eigenvalue weighted by molar-refractivity contribution is -0.918. The lowest BCUT2D eigenvalue weighted by Crippen LogP contribution is -3.13. The van der Waals surface area contributed by atoms with E-state index in [4.69, 9.17) is 11.6 Å². The van der Waals surface area contributed by atoms with Gasteiger partial charge in [0.2, 0.25) is 0 Å². The minimum absolute atomic E-state index is 0.259. The zero-order chi connectivity index (χ0) is 16.9. The van der Waals surface area contributed by atoms with E-state index in [1.54, 1.807) is 18.3 Å². The number of piperazine rings is 1. The Balaban J connectivity index is 1.54. The zero-order valence-corrected chi connectivity index (χ0v) is 15.5. The van der Waals surface area contributed by atoms with Crippen LogP contribution in [0.2, 0.25) is 5.02 Å². The minimum Gasteiger partial charge on any atom is -0.328 e. The number of hydrazone groups is 1. The molecule has 0 aromatic heterocycles. The lowest BCUT2D eigenvalue weighted by Gasteiger charge is -2.30. The van der Waals surface area contributed by atoms with E-state index in [0.717, 1.165) is 42.2 Å². The van der Waals surface area contributed by atoms with Gasteiger partial charge in [0.25, 0.3) is 0 Å². The van der Waals surface area contributed by atoms with Gasteiger partial charge in [-0.3, -0.25) is 5.01 Å². The Labute approximate surface area is 154 Å². The molecule has 0 atom stereocenters. The number of nitrogens with zero attached hydrogens (tertiary/aromatic N) is 2. The predicted molar refractivity (Wildman–Crippen MR) is 99.1 cm³/mol. The quantitative estimate of drug-likeness (QED) is 0.767. The van der Waals surface area contributed by atoms with E-state index in [-0.39, 0.29) is 5.82 Å². The van der Waals surface area contributed by atoms with E-state index in [2.05, 4.69) is 27.1 Å². The molecule has 0 unspecified atom stereocenters. The molecule has 1 heterocycles. The lowest BCUT2D eigenvalue weighted by atomic mass is 10.2. The third-order valence-electron chi connectivity index (χ3n) is 4.16. The molecule has 0 saturated carbocycles. The number of hydrogen-bond donors (Lipinski definition) is 1. The van der Waals surface area contributed by atoms with Crippen molar-refractivity contribution in [3.05, 3.63) is 68.9 Å². The third kappa shape index (κ3) is 4.56. The normalized spacial score (nSPS) is 16.0. The number of nitrogens with one attached hydrogen (secondary N) is 1. The van der Waals surface area contributed by atoms with Gasteiger partial charge in [0.05, 0.1) is 32.4 Å². The summed E-state index contributed by atoms with van der Waals surface area (Å²) in [5, 5.41) is 7.25. The van der Waals surface area contributed by atoms with Crippen molar-refractivity contribution in [2.45, 2.75) is 6.54 Å². The first-order valence-corrected chi connectivity index (χ1v) is 9.10. The molecule has 0 spiro atoms. The molecule has 1 saturated heterocycles. The second-order valence-corrected chi connectivity index (χ2v) is 7.21. The highest BCUT2D eigenvalue weighted by atomic mass is 79.9. The van der Waals surface area contributed by atoms with Crippen LogP contribution in [0.15, 0.2) is 52.0 Å². The maximum Gasteiger partial charge on any atom is 0.132 e. The maximum atomic E-state index is 13.7. The molecule has 1 fully saturated rings. The topological polar surface area (TPSA) is 20.0 Å². The predicted octanol–water partition coefficient (Wildman–Crippen LogP) is 2.98. The smallest absolute Gasteiger partial charge is 0.132 e. The second kappa shape index (κ2) is 8.10. The van der Waals surface area contributed by atoms with Gasteiger partial charge in [0.1, 0.15) is 12.4 Å². The van der Waals surface area contributed by atoms with E-state index < -0.39 is 0 Å². The first-order valence-electron chi connectivity index (χ1n) is 7.93. The molecular formula is C18H19BrClFN3+. The summed E-state index contributed by atoms with van der Waals surface area (Å²) in [6.07, 6.45) is 1.60. The highest BCUT2D eigenvalue weighted by molar-refractivity contribution is 9.10. The van der Waals surface area contributed by atoms with Gasteiger partial charge < -0.3 is 4.90 Å². The first kappa shape index (κ1) is 17.4. The van der Waals surface area contributed by atoms with Gasteiger partial charge in [-0.1, -0.05) is 45.7 Å². The Morgan fingerprint density at radius 2 is 1.96 bits per heavy atom. The first-order chi connectivity index (χ1) is 11.6. The van der Waals surface area contributed by atoms with E-state index in [1.807, 2.05) is 23.2 Å². The monoisotopic (exact) mass is 410 g/mol. The number of rotatable bonds is 4. The summed E-state index contributed by atoms with van der Waals surface area (Å²) in [4.78, 5) is 1.49. The summed E-state index contributed by atoms with van der Waals surface area (Å²) < 4.78 is 14.6. The molecule has 0 aliphatic carbocycles. The molecule has 126 valence electrons. The largest absolute Gasteiger partial charge is 0.328 e. The Kier molecular flexibility index (Phi) is 5.87. The fraction of sp³-hybridized carbons (Fsp3) is 0.278. The van der Waals surface area contributed by atoms with Crippen LogP contribution in [0.4, 0.5) is 4.39 Å². The van der Waals surface area contributed by atoms with Gasteiger partial charge in [0, 0.05) is 20.6 Å². The van der Waals surface area contributed by atoms with Gasteiger partial charge in [0.15, 0.2) is 0 Å². The van der Waals surface area contributed by atoms with Gasteiger partial charge >= 0.3 is 0 Å². The number of benzene rings is 2. The van der Waals surface area contributed by atoms with Gasteiger partial charge in [-0.25, -0.2) is 4.39 Å². The molecule has 3 rings (SSSR count). The van der Waals surface area contributed by atoms with Gasteiger partial charge in [-0.2, -0.15) is 5.10 Å². The summed E-state index contributed by atoms with van der Waals surface area (Å²) in [7, 11) is 0. The molecule has 1 aliphatic heterocycles. The van der Waals surface area contributed by atoms with Crippen LogP contribution in [0.25, 0.3) is 0 Å². The molecule has 2 aromatic carbocycles. The summed E-state index contributed by atoms with van der Waals surface area (Å²) in [6, 6.07) is 12.8. The fourth-order valence-corrected chi connectivity index (χ4v) is 3.35. The highest BCUT2D eigenvalue weighted by Gasteiger charge is 2.19. The molecule has 6 heteroatoms. The zero-order valence-electron chi connectivity index (χ0n) is 13.2. The molecule has 0 radical (unpaired) electrons. The molecule has 0 bridgehead atoms. The van der Waals surface area contributed by atoms with E-state index in [9.17, 15) is 4.39 Å². The van der Waals surface area contributed by atoms with Crippen molar-refractivity contribution in [2.75, 3.05) is 26.2 Å². The fourth-order valence-electron chi connectivity index (χ4n) is 2.77. The number of hydrogen-bond acceptors (Lipinski definition) is 2. The van der Waals surface area contributed by atoms with Crippen molar-refractivity contribution in [1.82, 2.24) is 5.01 Å². The van der Waals surface area contributed by atoms with E-state index in [1.165, 1.54) is 16.5 Å². The van der Waals surface area contributed by atoms with Crippen LogP contribution >= 0.6 is 27.5 Å². The van der Waals surface area contributed by atoms with Gasteiger partial charge in [-0.05, 0) is 24.3 Å². The molecule has 24 heavy (non-hydrogen) atoms.